The molecule has 0 radical (unpaired) electrons. The van der Waals surface area contributed by atoms with Crippen molar-refractivity contribution >= 4 is 17.4 Å². The highest BCUT2D eigenvalue weighted by molar-refractivity contribution is 7.98. The number of hydrogen-bond acceptors (Lipinski definition) is 4. The number of nitro groups is 1. The quantitative estimate of drug-likeness (QED) is 0.435. The second-order valence-electron chi connectivity index (χ2n) is 2.11. The minimum absolute atomic E-state index is 0.0532. The van der Waals surface area contributed by atoms with Crippen LogP contribution in [0.5, 0.6) is 5.75 Å². The lowest BCUT2D eigenvalue weighted by atomic mass is 10.3. The number of nitrogens with zero attached hydrogens (tertiary/aromatic N) is 1. The molecule has 0 fully saturated rings. The summed E-state index contributed by atoms with van der Waals surface area (Å²) in [6, 6.07) is 4.10. The predicted molar refractivity (Wildman–Crippen MR) is 46.5 cm³/mol. The van der Waals surface area contributed by atoms with Crippen molar-refractivity contribution in [3.05, 3.63) is 28.3 Å². The minimum atomic E-state index is -0.508. The van der Waals surface area contributed by atoms with Crippen LogP contribution >= 0.6 is 11.8 Å². The Hall–Kier alpha value is -1.23. The largest absolute Gasteiger partial charge is 0.508 e. The molecule has 0 amide bonds. The third kappa shape index (κ3) is 1.68. The van der Waals surface area contributed by atoms with E-state index < -0.39 is 4.92 Å². The number of benzene rings is 1. The molecule has 0 aliphatic carbocycles. The summed E-state index contributed by atoms with van der Waals surface area (Å²) in [5.74, 6) is -0.0838. The highest BCUT2D eigenvalue weighted by Gasteiger charge is 2.12. The van der Waals surface area contributed by atoms with Crippen molar-refractivity contribution in [1.29, 1.82) is 0 Å². The molecular weight excluding hydrogens is 178 g/mol. The Balaban J connectivity index is 3.21. The van der Waals surface area contributed by atoms with Gasteiger partial charge < -0.3 is 5.11 Å². The van der Waals surface area contributed by atoms with Crippen LogP contribution < -0.4 is 0 Å². The first-order valence-corrected chi connectivity index (χ1v) is 4.39. The molecule has 4 nitrogen and oxygen atoms in total. The van der Waals surface area contributed by atoms with Crippen molar-refractivity contribution in [2.24, 2.45) is 0 Å². The highest BCUT2D eigenvalue weighted by Crippen LogP contribution is 2.30. The smallest absolute Gasteiger partial charge is 0.286 e. The molecule has 0 aliphatic heterocycles. The molecular formula is C7H7NO3S. The molecule has 1 aromatic carbocycles. The van der Waals surface area contributed by atoms with E-state index in [1.807, 2.05) is 0 Å². The van der Waals surface area contributed by atoms with Gasteiger partial charge in [-0.25, -0.2) is 0 Å². The Labute approximate surface area is 73.4 Å². The molecule has 1 aromatic rings. The van der Waals surface area contributed by atoms with Gasteiger partial charge >= 0.3 is 0 Å². The Bertz CT molecular complexity index is 314. The molecule has 0 unspecified atom stereocenters. The molecule has 0 saturated heterocycles. The van der Waals surface area contributed by atoms with Crippen LogP contribution in [0, 0.1) is 10.1 Å². The molecule has 0 aromatic heterocycles. The van der Waals surface area contributed by atoms with Crippen molar-refractivity contribution < 1.29 is 10.0 Å². The number of phenols is 1. The summed E-state index contributed by atoms with van der Waals surface area (Å²) < 4.78 is 0. The molecule has 12 heavy (non-hydrogen) atoms. The summed E-state index contributed by atoms with van der Waals surface area (Å²) in [4.78, 5) is 10.5. The van der Waals surface area contributed by atoms with Crippen molar-refractivity contribution in [3.8, 4) is 5.75 Å². The van der Waals surface area contributed by atoms with E-state index >= 15 is 0 Å². The molecule has 1 N–H and O–H groups in total. The zero-order chi connectivity index (χ0) is 9.14. The van der Waals surface area contributed by atoms with Crippen LogP contribution in [0.2, 0.25) is 0 Å². The lowest BCUT2D eigenvalue weighted by molar-refractivity contribution is -0.387. The van der Waals surface area contributed by atoms with Crippen molar-refractivity contribution in [2.45, 2.75) is 4.90 Å². The van der Waals surface area contributed by atoms with Crippen LogP contribution in [0.15, 0.2) is 23.1 Å². The maximum Gasteiger partial charge on any atom is 0.286 e. The summed E-state index contributed by atoms with van der Waals surface area (Å²) in [5, 5.41) is 19.4. The third-order valence-corrected chi connectivity index (χ3v) is 2.14. The van der Waals surface area contributed by atoms with Gasteiger partial charge in [0.05, 0.1) is 15.9 Å². The first-order valence-electron chi connectivity index (χ1n) is 3.16. The van der Waals surface area contributed by atoms with E-state index in [1.165, 1.54) is 23.9 Å². The van der Waals surface area contributed by atoms with Gasteiger partial charge in [-0.2, -0.15) is 0 Å². The van der Waals surface area contributed by atoms with Crippen LogP contribution in [-0.4, -0.2) is 16.3 Å². The zero-order valence-electron chi connectivity index (χ0n) is 6.35. The van der Waals surface area contributed by atoms with Crippen LogP contribution in [0.1, 0.15) is 0 Å². The standard InChI is InChI=1S/C7H7NO3S/c1-12-7-3-2-5(9)4-6(7)8(10)11/h2-4,9H,1H3. The molecule has 0 atom stereocenters. The molecule has 0 aliphatic rings. The third-order valence-electron chi connectivity index (χ3n) is 1.36. The Kier molecular flexibility index (Phi) is 2.54. The molecule has 64 valence electrons. The van der Waals surface area contributed by atoms with E-state index in [0.717, 1.165) is 6.07 Å². The molecule has 0 bridgehead atoms. The van der Waals surface area contributed by atoms with Crippen LogP contribution in [-0.2, 0) is 0 Å². The van der Waals surface area contributed by atoms with Gasteiger partial charge in [0.25, 0.3) is 5.69 Å². The lowest BCUT2D eigenvalue weighted by Gasteiger charge is -1.98. The van der Waals surface area contributed by atoms with Gasteiger partial charge in [0, 0.05) is 0 Å². The van der Waals surface area contributed by atoms with Gasteiger partial charge in [0.1, 0.15) is 5.75 Å². The number of hydrogen-bond donors (Lipinski definition) is 1. The van der Waals surface area contributed by atoms with Crippen molar-refractivity contribution in [2.75, 3.05) is 6.26 Å². The average molecular weight is 185 g/mol. The first-order chi connectivity index (χ1) is 5.65. The van der Waals surface area contributed by atoms with E-state index in [2.05, 4.69) is 0 Å². The van der Waals surface area contributed by atoms with E-state index in [1.54, 1.807) is 6.26 Å². The Morgan fingerprint density at radius 1 is 1.58 bits per heavy atom. The van der Waals surface area contributed by atoms with E-state index in [0.29, 0.717) is 4.90 Å². The molecule has 5 heteroatoms. The molecule has 0 heterocycles. The monoisotopic (exact) mass is 185 g/mol. The number of nitro benzene ring substituents is 1. The SMILES string of the molecule is CSc1ccc(O)cc1[N+](=O)[O-]. The second kappa shape index (κ2) is 3.44. The van der Waals surface area contributed by atoms with Crippen LogP contribution in [0.4, 0.5) is 5.69 Å². The minimum Gasteiger partial charge on any atom is -0.508 e. The summed E-state index contributed by atoms with van der Waals surface area (Å²) in [5.41, 5.74) is -0.0532. The predicted octanol–water partition coefficient (Wildman–Crippen LogP) is 2.02. The maximum absolute atomic E-state index is 10.4. The number of rotatable bonds is 2. The number of phenolic OH excluding ortho intramolecular Hbond substituents is 1. The van der Waals surface area contributed by atoms with Crippen LogP contribution in [0.25, 0.3) is 0 Å². The van der Waals surface area contributed by atoms with Gasteiger partial charge in [0.2, 0.25) is 0 Å². The summed E-state index contributed by atoms with van der Waals surface area (Å²) >= 11 is 1.28. The summed E-state index contributed by atoms with van der Waals surface area (Å²) in [7, 11) is 0. The van der Waals surface area contributed by atoms with E-state index in [4.69, 9.17) is 5.11 Å². The van der Waals surface area contributed by atoms with Gasteiger partial charge in [-0.15, -0.1) is 11.8 Å². The first kappa shape index (κ1) is 8.86. The molecule has 0 saturated carbocycles. The van der Waals surface area contributed by atoms with Gasteiger partial charge in [0.15, 0.2) is 0 Å². The lowest BCUT2D eigenvalue weighted by Crippen LogP contribution is -1.89. The fourth-order valence-corrected chi connectivity index (χ4v) is 1.37. The van der Waals surface area contributed by atoms with Crippen molar-refractivity contribution in [3.63, 3.8) is 0 Å². The molecule has 0 spiro atoms. The van der Waals surface area contributed by atoms with E-state index in [9.17, 15) is 10.1 Å². The Morgan fingerprint density at radius 3 is 2.75 bits per heavy atom. The maximum atomic E-state index is 10.4. The van der Waals surface area contributed by atoms with Gasteiger partial charge in [-0.1, -0.05) is 0 Å². The normalized spacial score (nSPS) is 9.75. The average Bonchev–Trinajstić information content (AvgIpc) is 2.04. The van der Waals surface area contributed by atoms with E-state index in [-0.39, 0.29) is 11.4 Å². The second-order valence-corrected chi connectivity index (χ2v) is 2.96. The number of thioether (sulfide) groups is 1. The number of aromatic hydroxyl groups is 1. The summed E-state index contributed by atoms with van der Waals surface area (Å²) in [6.45, 7) is 0. The van der Waals surface area contributed by atoms with Crippen molar-refractivity contribution in [1.82, 2.24) is 0 Å². The zero-order valence-corrected chi connectivity index (χ0v) is 7.17. The van der Waals surface area contributed by atoms with Gasteiger partial charge in [-0.3, -0.25) is 10.1 Å². The summed E-state index contributed by atoms with van der Waals surface area (Å²) in [6.07, 6.45) is 1.75. The highest BCUT2D eigenvalue weighted by atomic mass is 32.2. The van der Waals surface area contributed by atoms with Crippen LogP contribution in [0.3, 0.4) is 0 Å². The fourth-order valence-electron chi connectivity index (χ4n) is 0.821. The Morgan fingerprint density at radius 2 is 2.25 bits per heavy atom. The topological polar surface area (TPSA) is 63.4 Å². The fraction of sp³-hybridized carbons (Fsp3) is 0.143. The molecule has 1 rings (SSSR count). The van der Waals surface area contributed by atoms with Gasteiger partial charge in [-0.05, 0) is 18.4 Å².